The number of nitrogens with one attached hydrogen (secondary N) is 2. The van der Waals surface area contributed by atoms with Gasteiger partial charge in [0.15, 0.2) is 0 Å². The van der Waals surface area contributed by atoms with Crippen molar-refractivity contribution >= 4 is 17.8 Å². The van der Waals surface area contributed by atoms with Gasteiger partial charge >= 0.3 is 5.97 Å². The maximum atomic E-state index is 14.4. The van der Waals surface area contributed by atoms with Gasteiger partial charge in [0.05, 0.1) is 30.6 Å². The van der Waals surface area contributed by atoms with Crippen LogP contribution < -0.4 is 16.4 Å². The number of hydrogen-bond acceptors (Lipinski definition) is 9. The summed E-state index contributed by atoms with van der Waals surface area (Å²) < 4.78 is 12.1. The smallest absolute Gasteiger partial charge is 0.326 e. The molecule has 1 saturated heterocycles. The molecule has 1 aliphatic rings. The average Bonchev–Trinajstić information content (AvgIpc) is 3.60. The number of ether oxygens (including phenoxy) is 2. The Labute approximate surface area is 317 Å². The summed E-state index contributed by atoms with van der Waals surface area (Å²) in [5, 5.41) is 20.3. The van der Waals surface area contributed by atoms with Gasteiger partial charge in [-0.3, -0.25) is 9.59 Å². The predicted molar refractivity (Wildman–Crippen MR) is 208 cm³/mol. The van der Waals surface area contributed by atoms with E-state index >= 15 is 0 Å². The molecule has 12 atom stereocenters. The zero-order valence-corrected chi connectivity index (χ0v) is 33.9. The molecule has 1 heterocycles. The molecule has 300 valence electrons. The van der Waals surface area contributed by atoms with Crippen molar-refractivity contribution in [3.8, 4) is 0 Å². The number of carbonyl (C=O) groups is 3. The van der Waals surface area contributed by atoms with Gasteiger partial charge < -0.3 is 40.7 Å². The maximum Gasteiger partial charge on any atom is 0.326 e. The molecule has 1 fully saturated rings. The van der Waals surface area contributed by atoms with Crippen LogP contribution in [-0.4, -0.2) is 123 Å². The molecular formula is C39H68N8O6. The summed E-state index contributed by atoms with van der Waals surface area (Å²) in [6.45, 7) is 12.7. The third kappa shape index (κ3) is 12.1. The fourth-order valence-electron chi connectivity index (χ4n) is 8.80. The summed E-state index contributed by atoms with van der Waals surface area (Å²) in [7, 11) is 9.06. The molecule has 1 aromatic rings. The van der Waals surface area contributed by atoms with Gasteiger partial charge in [0.1, 0.15) is 6.04 Å². The third-order valence-electron chi connectivity index (χ3n) is 11.6. The van der Waals surface area contributed by atoms with Crippen LogP contribution in [0.2, 0.25) is 0 Å². The molecular weight excluding hydrogens is 676 g/mol. The highest BCUT2D eigenvalue weighted by atomic mass is 16.5. The van der Waals surface area contributed by atoms with E-state index in [1.54, 1.807) is 18.9 Å². The Balaban J connectivity index is 2.40. The lowest BCUT2D eigenvalue weighted by Crippen LogP contribution is -2.62. The Morgan fingerprint density at radius 1 is 1.09 bits per heavy atom. The molecule has 0 aliphatic carbocycles. The molecule has 0 bridgehead atoms. The van der Waals surface area contributed by atoms with Gasteiger partial charge in [-0.25, -0.2) is 4.79 Å². The SMILES string of the molecule is CC[C@H](C)[C@@H](C(NC)[C@H](C(N)[C@H](C(C)C)N(C)C)[C@H](C)N=[N+]=[N-])[C@@H](CC(=O)N1CCC[C@H]1[C@H](OC)[C@@H](C)C(=O)N[C@@H](Cc1ccccc1)C(=O)O)OC. The highest BCUT2D eigenvalue weighted by Gasteiger charge is 2.46. The van der Waals surface area contributed by atoms with Crippen LogP contribution in [0, 0.1) is 29.6 Å². The molecule has 1 aliphatic heterocycles. The summed E-state index contributed by atoms with van der Waals surface area (Å²) in [6, 6.07) is 6.58. The Kier molecular flexibility index (Phi) is 19.2. The summed E-state index contributed by atoms with van der Waals surface area (Å²) in [5.41, 5.74) is 17.4. The third-order valence-corrected chi connectivity index (χ3v) is 11.6. The topological polar surface area (TPSA) is 195 Å². The van der Waals surface area contributed by atoms with Crippen molar-refractivity contribution in [2.24, 2.45) is 40.4 Å². The van der Waals surface area contributed by atoms with Crippen molar-refractivity contribution in [1.29, 1.82) is 0 Å². The maximum absolute atomic E-state index is 14.4. The van der Waals surface area contributed by atoms with Crippen LogP contribution in [-0.2, 0) is 30.3 Å². The average molecular weight is 745 g/mol. The molecule has 14 nitrogen and oxygen atoms in total. The van der Waals surface area contributed by atoms with Crippen LogP contribution in [0.4, 0.5) is 0 Å². The molecule has 0 radical (unpaired) electrons. The van der Waals surface area contributed by atoms with Crippen molar-refractivity contribution in [3.63, 3.8) is 0 Å². The van der Waals surface area contributed by atoms with Gasteiger partial charge in [-0.05, 0) is 62.8 Å². The fraction of sp³-hybridized carbons (Fsp3) is 0.769. The van der Waals surface area contributed by atoms with E-state index < -0.39 is 42.1 Å². The lowest BCUT2D eigenvalue weighted by molar-refractivity contribution is -0.145. The number of nitrogens with zero attached hydrogens (tertiary/aromatic N) is 5. The lowest BCUT2D eigenvalue weighted by atomic mass is 9.69. The molecule has 53 heavy (non-hydrogen) atoms. The van der Waals surface area contributed by atoms with Crippen LogP contribution in [0.25, 0.3) is 10.4 Å². The fourth-order valence-corrected chi connectivity index (χ4v) is 8.80. The number of aliphatic carboxylic acids is 1. The molecule has 2 rings (SSSR count). The molecule has 14 heteroatoms. The van der Waals surface area contributed by atoms with Gasteiger partial charge in [-0.15, -0.1) is 0 Å². The first kappa shape index (κ1) is 45.9. The summed E-state index contributed by atoms with van der Waals surface area (Å²) in [5.74, 6) is -2.54. The Hall–Kier alpha value is -3.26. The monoisotopic (exact) mass is 745 g/mol. The number of methoxy groups -OCH3 is 2. The minimum absolute atomic E-state index is 0.00737. The van der Waals surface area contributed by atoms with E-state index in [1.165, 1.54) is 7.11 Å². The van der Waals surface area contributed by atoms with Crippen LogP contribution in [0.5, 0.6) is 0 Å². The minimum Gasteiger partial charge on any atom is -0.480 e. The van der Waals surface area contributed by atoms with Gasteiger partial charge in [0, 0.05) is 62.2 Å². The molecule has 2 unspecified atom stereocenters. The number of hydrogen-bond donors (Lipinski definition) is 4. The standard InChI is InChI=1S/C39H68N8O6/c1-12-24(4)32(35(42-7)33(26(6)44-45-41)34(40)36(23(2)3)46(8)9)30(52-10)22-31(48)47-20-16-19-29(47)37(53-11)25(5)38(49)43-28(39(50)51)21-27-17-14-13-15-18-27/h13-15,17-18,23-26,28-30,32-37,42H,12,16,19-22,40H2,1-11H3,(H,43,49)(H,50,51)/t24-,25+,26-,28-,29-,30+,32+,33-,34?,35?,36-,37+/m0/s1. The quantitative estimate of drug-likeness (QED) is 0.0717. The number of amides is 2. The minimum atomic E-state index is -1.12. The number of likely N-dealkylation sites (N-methyl/N-ethyl adjacent to an activating group) is 1. The van der Waals surface area contributed by atoms with Crippen LogP contribution in [0.3, 0.4) is 0 Å². The van der Waals surface area contributed by atoms with E-state index in [0.717, 1.165) is 18.4 Å². The predicted octanol–water partition coefficient (Wildman–Crippen LogP) is 4.32. The molecule has 0 spiro atoms. The van der Waals surface area contributed by atoms with Crippen LogP contribution in [0.1, 0.15) is 72.8 Å². The number of benzene rings is 1. The van der Waals surface area contributed by atoms with Crippen molar-refractivity contribution in [2.75, 3.05) is 41.9 Å². The zero-order valence-electron chi connectivity index (χ0n) is 33.9. The van der Waals surface area contributed by atoms with E-state index in [0.29, 0.717) is 13.0 Å². The van der Waals surface area contributed by atoms with Crippen molar-refractivity contribution in [1.82, 2.24) is 20.4 Å². The van der Waals surface area contributed by atoms with E-state index in [2.05, 4.69) is 53.3 Å². The zero-order chi connectivity index (χ0) is 40.0. The Morgan fingerprint density at radius 3 is 2.23 bits per heavy atom. The highest BCUT2D eigenvalue weighted by molar-refractivity contribution is 5.85. The first-order valence-electron chi connectivity index (χ1n) is 19.1. The van der Waals surface area contributed by atoms with Crippen LogP contribution >= 0.6 is 0 Å². The first-order chi connectivity index (χ1) is 25.1. The van der Waals surface area contributed by atoms with Gasteiger partial charge in [-0.1, -0.05) is 83.4 Å². The lowest BCUT2D eigenvalue weighted by Gasteiger charge is -2.47. The van der Waals surface area contributed by atoms with Crippen molar-refractivity contribution in [2.45, 2.75) is 122 Å². The normalized spacial score (nSPS) is 21.0. The van der Waals surface area contributed by atoms with Crippen LogP contribution in [0.15, 0.2) is 35.4 Å². The molecule has 0 aromatic heterocycles. The number of carbonyl (C=O) groups excluding carboxylic acids is 2. The second-order valence-electron chi connectivity index (χ2n) is 15.4. The largest absolute Gasteiger partial charge is 0.480 e. The summed E-state index contributed by atoms with van der Waals surface area (Å²) in [4.78, 5) is 47.1. The number of nitrogens with two attached hydrogens (primary N) is 1. The molecule has 1 aromatic carbocycles. The van der Waals surface area contributed by atoms with Gasteiger partial charge in [0.2, 0.25) is 11.8 Å². The van der Waals surface area contributed by atoms with Gasteiger partial charge in [-0.2, -0.15) is 0 Å². The summed E-state index contributed by atoms with van der Waals surface area (Å²) >= 11 is 0. The number of azide groups is 1. The van der Waals surface area contributed by atoms with E-state index in [4.69, 9.17) is 15.2 Å². The summed E-state index contributed by atoms with van der Waals surface area (Å²) in [6.07, 6.45) is 1.28. The number of likely N-dealkylation sites (tertiary alicyclic amines) is 1. The number of carboxylic acids is 1. The molecule has 2 amide bonds. The second kappa shape index (κ2) is 22.2. The Bertz CT molecular complexity index is 1320. The Morgan fingerprint density at radius 2 is 1.74 bits per heavy atom. The van der Waals surface area contributed by atoms with Crippen molar-refractivity contribution < 1.29 is 29.0 Å². The van der Waals surface area contributed by atoms with E-state index in [9.17, 15) is 25.0 Å². The number of carboxylic acid groups (broad SMARTS) is 1. The molecule has 5 N–H and O–H groups in total. The van der Waals surface area contributed by atoms with Gasteiger partial charge in [0.25, 0.3) is 0 Å². The number of rotatable bonds is 23. The first-order valence-corrected chi connectivity index (χ1v) is 19.1. The second-order valence-corrected chi connectivity index (χ2v) is 15.4. The van der Waals surface area contributed by atoms with E-state index in [1.807, 2.05) is 58.4 Å². The van der Waals surface area contributed by atoms with Crippen molar-refractivity contribution in [3.05, 3.63) is 46.3 Å². The highest BCUT2D eigenvalue weighted by Crippen LogP contribution is 2.36. The van der Waals surface area contributed by atoms with E-state index in [-0.39, 0.29) is 66.6 Å². The molecule has 0 saturated carbocycles.